The molecule has 0 aromatic carbocycles. The van der Waals surface area contributed by atoms with E-state index < -0.39 is 17.6 Å². The van der Waals surface area contributed by atoms with Crippen LogP contribution in [0.25, 0.3) is 0 Å². The van der Waals surface area contributed by atoms with E-state index in [4.69, 9.17) is 11.6 Å². The molecule has 2 nitrogen and oxygen atoms in total. The standard InChI is InChI=1S/C8H8F3N.C5H2ClFN.Y/c1-2-6-5-12-4-3-7(6)8(9,10)11;6-4-1-5(7)3-8-2-4;/h3-5H,2H2,1H3;1-2H;/q;-1;. The van der Waals surface area contributed by atoms with Gasteiger partial charge in [-0.05, 0) is 29.3 Å². The first kappa shape index (κ1) is 20.4. The summed E-state index contributed by atoms with van der Waals surface area (Å²) in [7, 11) is 0. The molecular weight excluding hydrogens is 385 g/mol. The summed E-state index contributed by atoms with van der Waals surface area (Å²) in [5.41, 5.74) is -0.343. The van der Waals surface area contributed by atoms with Crippen LogP contribution in [-0.4, -0.2) is 9.97 Å². The number of pyridine rings is 2. The number of alkyl halides is 3. The molecule has 2 aromatic heterocycles. The minimum atomic E-state index is -4.26. The molecule has 111 valence electrons. The molecule has 2 heterocycles. The third-order valence-corrected chi connectivity index (χ3v) is 2.42. The van der Waals surface area contributed by atoms with E-state index in [0.29, 0.717) is 11.4 Å². The molecular formula is C13H10ClF4N2Y-. The average molecular weight is 395 g/mol. The van der Waals surface area contributed by atoms with Crippen LogP contribution in [0, 0.1) is 12.0 Å². The summed E-state index contributed by atoms with van der Waals surface area (Å²) in [5.74, 6) is -0.530. The number of rotatable bonds is 1. The van der Waals surface area contributed by atoms with E-state index in [9.17, 15) is 17.6 Å². The Morgan fingerprint density at radius 3 is 2.33 bits per heavy atom. The van der Waals surface area contributed by atoms with Gasteiger partial charge >= 0.3 is 6.18 Å². The van der Waals surface area contributed by atoms with Crippen molar-refractivity contribution in [1.29, 1.82) is 0 Å². The molecule has 0 saturated carbocycles. The van der Waals surface area contributed by atoms with Gasteiger partial charge in [-0.3, -0.25) is 4.98 Å². The van der Waals surface area contributed by atoms with Crippen molar-refractivity contribution in [3.05, 3.63) is 58.9 Å². The maximum Gasteiger partial charge on any atom is 0.416 e. The first-order valence-electron chi connectivity index (χ1n) is 5.53. The fourth-order valence-corrected chi connectivity index (χ4v) is 1.48. The Bertz CT molecular complexity index is 547. The Hall–Kier alpha value is -0.586. The quantitative estimate of drug-likeness (QED) is 0.531. The number of aromatic nitrogens is 2. The monoisotopic (exact) mass is 394 g/mol. The molecule has 0 N–H and O–H groups in total. The molecule has 0 spiro atoms. The van der Waals surface area contributed by atoms with Crippen molar-refractivity contribution in [2.45, 2.75) is 19.5 Å². The van der Waals surface area contributed by atoms with Crippen LogP contribution in [-0.2, 0) is 45.3 Å². The maximum absolute atomic E-state index is 12.2. The maximum atomic E-state index is 12.2. The SMILES string of the molecule is CCc1cnccc1C(F)(F)F.Fc1[c-]ncc(Cl)c1.[Y]. The number of hydrogen-bond donors (Lipinski definition) is 0. The van der Waals surface area contributed by atoms with Crippen LogP contribution in [0.4, 0.5) is 17.6 Å². The van der Waals surface area contributed by atoms with E-state index in [-0.39, 0.29) is 38.3 Å². The zero-order valence-corrected chi connectivity index (χ0v) is 14.5. The van der Waals surface area contributed by atoms with E-state index in [1.165, 1.54) is 12.4 Å². The largest absolute Gasteiger partial charge is 0.416 e. The van der Waals surface area contributed by atoms with E-state index in [1.54, 1.807) is 6.92 Å². The minimum absolute atomic E-state index is 0. The van der Waals surface area contributed by atoms with Gasteiger partial charge < -0.3 is 4.98 Å². The van der Waals surface area contributed by atoms with Crippen molar-refractivity contribution in [2.24, 2.45) is 0 Å². The van der Waals surface area contributed by atoms with Crippen LogP contribution < -0.4 is 0 Å². The molecule has 0 atom stereocenters. The van der Waals surface area contributed by atoms with Gasteiger partial charge in [0.25, 0.3) is 0 Å². The molecule has 8 heteroatoms. The molecule has 0 aliphatic heterocycles. The van der Waals surface area contributed by atoms with Gasteiger partial charge in [-0.2, -0.15) is 13.2 Å². The zero-order valence-electron chi connectivity index (χ0n) is 11.0. The molecule has 0 unspecified atom stereocenters. The van der Waals surface area contributed by atoms with Crippen LogP contribution in [0.5, 0.6) is 0 Å². The van der Waals surface area contributed by atoms with E-state index in [0.717, 1.165) is 18.3 Å². The summed E-state index contributed by atoms with van der Waals surface area (Å²) in [5, 5.41) is 0.293. The van der Waals surface area contributed by atoms with Crippen LogP contribution in [0.15, 0.2) is 30.7 Å². The van der Waals surface area contributed by atoms with Gasteiger partial charge in [0.1, 0.15) is 0 Å². The topological polar surface area (TPSA) is 25.8 Å². The molecule has 0 fully saturated rings. The van der Waals surface area contributed by atoms with E-state index >= 15 is 0 Å². The van der Waals surface area contributed by atoms with Gasteiger partial charge in [-0.1, -0.05) is 13.1 Å². The van der Waals surface area contributed by atoms with Crippen molar-refractivity contribution in [3.8, 4) is 0 Å². The number of nitrogens with zero attached hydrogens (tertiary/aromatic N) is 2. The van der Waals surface area contributed by atoms with Crippen molar-refractivity contribution < 1.29 is 50.3 Å². The van der Waals surface area contributed by atoms with Crippen LogP contribution >= 0.6 is 11.6 Å². The van der Waals surface area contributed by atoms with E-state index in [1.807, 2.05) is 0 Å². The molecule has 0 amide bonds. The van der Waals surface area contributed by atoms with Gasteiger partial charge in [0.05, 0.1) is 5.56 Å². The number of aryl methyl sites for hydroxylation is 1. The third-order valence-electron chi connectivity index (χ3n) is 2.21. The first-order valence-corrected chi connectivity index (χ1v) is 5.91. The van der Waals surface area contributed by atoms with Gasteiger partial charge in [0.15, 0.2) is 0 Å². The summed E-state index contributed by atoms with van der Waals surface area (Å²) >= 11 is 5.32. The van der Waals surface area contributed by atoms with Crippen molar-refractivity contribution in [2.75, 3.05) is 0 Å². The Labute approximate surface area is 149 Å². The summed E-state index contributed by atoms with van der Waals surface area (Å²) < 4.78 is 48.6. The first-order chi connectivity index (χ1) is 9.34. The Kier molecular flexibility index (Phi) is 9.17. The number of hydrogen-bond acceptors (Lipinski definition) is 2. The molecule has 0 aliphatic carbocycles. The fraction of sp³-hybridized carbons (Fsp3) is 0.231. The smallest absolute Gasteiger partial charge is 0.390 e. The predicted molar refractivity (Wildman–Crippen MR) is 66.7 cm³/mol. The van der Waals surface area contributed by atoms with E-state index in [2.05, 4.69) is 16.2 Å². The Morgan fingerprint density at radius 2 is 1.95 bits per heavy atom. The van der Waals surface area contributed by atoms with Crippen molar-refractivity contribution in [3.63, 3.8) is 0 Å². The van der Waals surface area contributed by atoms with Crippen molar-refractivity contribution in [1.82, 2.24) is 9.97 Å². The van der Waals surface area contributed by atoms with Crippen LogP contribution in [0.2, 0.25) is 5.02 Å². The normalized spacial score (nSPS) is 10.2. The van der Waals surface area contributed by atoms with Crippen LogP contribution in [0.3, 0.4) is 0 Å². The van der Waals surface area contributed by atoms with Crippen LogP contribution in [0.1, 0.15) is 18.1 Å². The molecule has 2 rings (SSSR count). The number of halogens is 5. The molecule has 21 heavy (non-hydrogen) atoms. The summed E-state index contributed by atoms with van der Waals surface area (Å²) in [6.45, 7) is 1.67. The minimum Gasteiger partial charge on any atom is -0.390 e. The summed E-state index contributed by atoms with van der Waals surface area (Å²) in [4.78, 5) is 6.98. The van der Waals surface area contributed by atoms with Gasteiger partial charge in [-0.25, -0.2) is 4.39 Å². The molecule has 0 saturated heterocycles. The Morgan fingerprint density at radius 1 is 1.29 bits per heavy atom. The summed E-state index contributed by atoms with van der Waals surface area (Å²) in [6, 6.07) is 2.15. The molecule has 1 radical (unpaired) electrons. The summed E-state index contributed by atoms with van der Waals surface area (Å²) in [6.07, 6.45) is 1.90. The molecule has 0 aliphatic rings. The van der Waals surface area contributed by atoms with Gasteiger partial charge in [0.2, 0.25) is 0 Å². The second-order valence-corrected chi connectivity index (χ2v) is 4.07. The third kappa shape index (κ3) is 7.29. The van der Waals surface area contributed by atoms with Crippen molar-refractivity contribution >= 4 is 11.6 Å². The predicted octanol–water partition coefficient (Wildman–Crippen LogP) is 4.33. The van der Waals surface area contributed by atoms with Gasteiger partial charge in [-0.15, -0.1) is 17.7 Å². The molecule has 2 aromatic rings. The Balaban J connectivity index is 0.000000390. The second kappa shape index (κ2) is 9.43. The fourth-order valence-electron chi connectivity index (χ4n) is 1.33. The van der Waals surface area contributed by atoms with Gasteiger partial charge in [0, 0.05) is 50.9 Å². The second-order valence-electron chi connectivity index (χ2n) is 3.63. The molecule has 0 bridgehead atoms. The average Bonchev–Trinajstić information content (AvgIpc) is 2.38. The zero-order chi connectivity index (χ0) is 15.2.